The molecule has 0 bridgehead atoms. The topological polar surface area (TPSA) is 62.1 Å². The van der Waals surface area contributed by atoms with Crippen LogP contribution in [0.15, 0.2) is 48.5 Å². The number of nitrogens with one attached hydrogen (secondary N) is 1. The molecule has 2 aromatic carbocycles. The van der Waals surface area contributed by atoms with Crippen molar-refractivity contribution in [3.63, 3.8) is 0 Å². The molecule has 0 amide bonds. The highest BCUT2D eigenvalue weighted by molar-refractivity contribution is 5.89. The van der Waals surface area contributed by atoms with Gasteiger partial charge in [-0.1, -0.05) is 18.2 Å². The van der Waals surface area contributed by atoms with Crippen LogP contribution in [0.25, 0.3) is 0 Å². The largest absolute Gasteiger partial charge is 0.465 e. The lowest BCUT2D eigenvalue weighted by atomic mass is 10.1. The van der Waals surface area contributed by atoms with Gasteiger partial charge in [-0.3, -0.25) is 0 Å². The van der Waals surface area contributed by atoms with E-state index in [0.717, 1.165) is 11.3 Å². The Hall–Kier alpha value is -2.80. The molecule has 0 radical (unpaired) electrons. The number of hydrogen-bond acceptors (Lipinski definition) is 4. The van der Waals surface area contributed by atoms with Crippen LogP contribution >= 0.6 is 0 Å². The van der Waals surface area contributed by atoms with Crippen LogP contribution in [0.5, 0.6) is 0 Å². The lowest BCUT2D eigenvalue weighted by Gasteiger charge is -2.07. The Kier molecular flexibility index (Phi) is 4.35. The van der Waals surface area contributed by atoms with Gasteiger partial charge in [0.2, 0.25) is 0 Å². The Morgan fingerprint density at radius 1 is 1.25 bits per heavy atom. The summed E-state index contributed by atoms with van der Waals surface area (Å²) in [5.74, 6) is -0.341. The maximum absolute atomic E-state index is 11.3. The van der Waals surface area contributed by atoms with Crippen LogP contribution in [0.3, 0.4) is 0 Å². The number of carbonyl (C=O) groups is 1. The van der Waals surface area contributed by atoms with Crippen LogP contribution in [-0.2, 0) is 11.3 Å². The summed E-state index contributed by atoms with van der Waals surface area (Å²) in [5.41, 5.74) is 3.08. The van der Waals surface area contributed by atoms with Gasteiger partial charge in [0.15, 0.2) is 0 Å². The van der Waals surface area contributed by atoms with Crippen LogP contribution in [0.4, 0.5) is 5.69 Å². The highest BCUT2D eigenvalue weighted by Gasteiger charge is 2.04. The second kappa shape index (κ2) is 6.39. The Morgan fingerprint density at radius 2 is 2.00 bits per heavy atom. The molecule has 4 nitrogen and oxygen atoms in total. The lowest BCUT2D eigenvalue weighted by molar-refractivity contribution is 0.0600. The van der Waals surface area contributed by atoms with Crippen molar-refractivity contribution in [1.82, 2.24) is 0 Å². The summed E-state index contributed by atoms with van der Waals surface area (Å²) in [7, 11) is 1.36. The molecule has 0 aliphatic rings. The summed E-state index contributed by atoms with van der Waals surface area (Å²) in [6.45, 7) is 0.621. The van der Waals surface area contributed by atoms with Gasteiger partial charge in [-0.05, 0) is 35.9 Å². The van der Waals surface area contributed by atoms with Crippen molar-refractivity contribution in [3.8, 4) is 6.07 Å². The first-order valence-electron chi connectivity index (χ1n) is 6.14. The molecule has 0 fully saturated rings. The number of anilines is 1. The molecule has 0 saturated heterocycles. The third kappa shape index (κ3) is 3.36. The number of ether oxygens (including phenoxy) is 1. The number of rotatable bonds is 4. The first kappa shape index (κ1) is 13.6. The molecule has 0 unspecified atom stereocenters. The summed E-state index contributed by atoms with van der Waals surface area (Å²) in [6, 6.07) is 16.6. The van der Waals surface area contributed by atoms with E-state index < -0.39 is 0 Å². The second-order valence-corrected chi connectivity index (χ2v) is 4.23. The van der Waals surface area contributed by atoms with Crippen LogP contribution in [-0.4, -0.2) is 13.1 Å². The normalized spacial score (nSPS) is 9.60. The van der Waals surface area contributed by atoms with E-state index in [2.05, 4.69) is 16.1 Å². The van der Waals surface area contributed by atoms with Gasteiger partial charge in [-0.25, -0.2) is 4.79 Å². The van der Waals surface area contributed by atoms with Crippen molar-refractivity contribution < 1.29 is 9.53 Å². The standard InChI is InChI=1S/C16H14N2O2/c1-20-16(19)14-7-5-12(6-8-14)11-18-15-4-2-3-13(9-15)10-17/h2-9,18H,11H2,1H3. The Balaban J connectivity index is 2.00. The number of benzene rings is 2. The zero-order valence-corrected chi connectivity index (χ0v) is 11.1. The van der Waals surface area contributed by atoms with Gasteiger partial charge in [0.05, 0.1) is 24.3 Å². The van der Waals surface area contributed by atoms with Gasteiger partial charge in [-0.15, -0.1) is 0 Å². The first-order chi connectivity index (χ1) is 9.72. The van der Waals surface area contributed by atoms with Crippen molar-refractivity contribution in [2.75, 3.05) is 12.4 Å². The predicted octanol–water partition coefficient (Wildman–Crippen LogP) is 2.96. The van der Waals surface area contributed by atoms with E-state index in [1.54, 1.807) is 24.3 Å². The van der Waals surface area contributed by atoms with Gasteiger partial charge >= 0.3 is 5.97 Å². The molecule has 1 N–H and O–H groups in total. The third-order valence-corrected chi connectivity index (χ3v) is 2.86. The molecular weight excluding hydrogens is 252 g/mol. The molecule has 0 heterocycles. The highest BCUT2D eigenvalue weighted by atomic mass is 16.5. The number of nitriles is 1. The summed E-state index contributed by atoms with van der Waals surface area (Å²) >= 11 is 0. The molecule has 0 spiro atoms. The zero-order chi connectivity index (χ0) is 14.4. The van der Waals surface area contributed by atoms with Crippen molar-refractivity contribution in [2.45, 2.75) is 6.54 Å². The fraction of sp³-hybridized carbons (Fsp3) is 0.125. The minimum Gasteiger partial charge on any atom is -0.465 e. The SMILES string of the molecule is COC(=O)c1ccc(CNc2cccc(C#N)c2)cc1. The maximum atomic E-state index is 11.3. The van der Waals surface area contributed by atoms with E-state index in [4.69, 9.17) is 5.26 Å². The molecule has 4 heteroatoms. The average molecular weight is 266 g/mol. The zero-order valence-electron chi connectivity index (χ0n) is 11.1. The monoisotopic (exact) mass is 266 g/mol. The minimum atomic E-state index is -0.341. The molecular formula is C16H14N2O2. The van der Waals surface area contributed by atoms with Crippen LogP contribution in [0.2, 0.25) is 0 Å². The minimum absolute atomic E-state index is 0.341. The maximum Gasteiger partial charge on any atom is 0.337 e. The number of methoxy groups -OCH3 is 1. The number of hydrogen-bond donors (Lipinski definition) is 1. The smallest absolute Gasteiger partial charge is 0.337 e. The summed E-state index contributed by atoms with van der Waals surface area (Å²) in [5, 5.41) is 12.1. The van der Waals surface area contributed by atoms with Crippen LogP contribution in [0.1, 0.15) is 21.5 Å². The Morgan fingerprint density at radius 3 is 2.65 bits per heavy atom. The fourth-order valence-corrected chi connectivity index (χ4v) is 1.78. The highest BCUT2D eigenvalue weighted by Crippen LogP contribution is 2.12. The molecule has 0 aliphatic heterocycles. The number of carbonyl (C=O) groups excluding carboxylic acids is 1. The van der Waals surface area contributed by atoms with E-state index >= 15 is 0 Å². The molecule has 100 valence electrons. The number of esters is 1. The van der Waals surface area contributed by atoms with Crippen molar-refractivity contribution in [3.05, 3.63) is 65.2 Å². The number of nitrogens with zero attached hydrogens (tertiary/aromatic N) is 1. The van der Waals surface area contributed by atoms with Crippen LogP contribution in [0, 0.1) is 11.3 Å². The van der Waals surface area contributed by atoms with E-state index in [1.165, 1.54) is 7.11 Å². The molecule has 0 atom stereocenters. The second-order valence-electron chi connectivity index (χ2n) is 4.23. The van der Waals surface area contributed by atoms with Crippen molar-refractivity contribution in [2.24, 2.45) is 0 Å². The van der Waals surface area contributed by atoms with E-state index in [9.17, 15) is 4.79 Å². The predicted molar refractivity (Wildman–Crippen MR) is 76.3 cm³/mol. The molecule has 2 rings (SSSR count). The van der Waals surface area contributed by atoms with Crippen LogP contribution < -0.4 is 5.32 Å². The first-order valence-corrected chi connectivity index (χ1v) is 6.14. The van der Waals surface area contributed by atoms with Gasteiger partial charge < -0.3 is 10.1 Å². The summed E-state index contributed by atoms with van der Waals surface area (Å²) in [6.07, 6.45) is 0. The molecule has 0 aliphatic carbocycles. The van der Waals surface area contributed by atoms with Crippen molar-refractivity contribution >= 4 is 11.7 Å². The average Bonchev–Trinajstić information content (AvgIpc) is 2.53. The van der Waals surface area contributed by atoms with Gasteiger partial charge in [-0.2, -0.15) is 5.26 Å². The quantitative estimate of drug-likeness (QED) is 0.864. The third-order valence-electron chi connectivity index (χ3n) is 2.86. The van der Waals surface area contributed by atoms with E-state index in [-0.39, 0.29) is 5.97 Å². The molecule has 0 aromatic heterocycles. The fourth-order valence-electron chi connectivity index (χ4n) is 1.78. The molecule has 0 saturated carbocycles. The van der Waals surface area contributed by atoms with Gasteiger partial charge in [0, 0.05) is 12.2 Å². The molecule has 2 aromatic rings. The molecule has 20 heavy (non-hydrogen) atoms. The van der Waals surface area contributed by atoms with E-state index in [1.807, 2.05) is 24.3 Å². The lowest BCUT2D eigenvalue weighted by Crippen LogP contribution is -2.03. The van der Waals surface area contributed by atoms with Gasteiger partial charge in [0.1, 0.15) is 0 Å². The Labute approximate surface area is 117 Å². The van der Waals surface area contributed by atoms with Gasteiger partial charge in [0.25, 0.3) is 0 Å². The Bertz CT molecular complexity index is 642. The van der Waals surface area contributed by atoms with E-state index in [0.29, 0.717) is 17.7 Å². The van der Waals surface area contributed by atoms with Crippen molar-refractivity contribution in [1.29, 1.82) is 5.26 Å². The summed E-state index contributed by atoms with van der Waals surface area (Å²) < 4.78 is 4.65. The summed E-state index contributed by atoms with van der Waals surface area (Å²) in [4.78, 5) is 11.3.